The van der Waals surface area contributed by atoms with Crippen LogP contribution in [-0.2, 0) is 0 Å². The molecular weight excluding hydrogens is 264 g/mol. The summed E-state index contributed by atoms with van der Waals surface area (Å²) in [5, 5.41) is 14.1. The Bertz CT molecular complexity index is 429. The Labute approximate surface area is 117 Å². The molecule has 0 unspecified atom stereocenters. The molecular formula is C13H21F2N5. The first kappa shape index (κ1) is 14.9. The smallest absolute Gasteiger partial charge is 0.245 e. The molecule has 2 N–H and O–H groups in total. The molecule has 0 saturated carbocycles. The van der Waals surface area contributed by atoms with E-state index >= 15 is 0 Å². The highest BCUT2D eigenvalue weighted by molar-refractivity contribution is 5.54. The molecule has 7 heteroatoms. The molecule has 5 nitrogen and oxygen atoms in total. The highest BCUT2D eigenvalue weighted by Gasteiger charge is 2.25. The van der Waals surface area contributed by atoms with Crippen molar-refractivity contribution >= 4 is 11.5 Å². The highest BCUT2D eigenvalue weighted by atomic mass is 19.3. The molecule has 20 heavy (non-hydrogen) atoms. The van der Waals surface area contributed by atoms with Gasteiger partial charge in [-0.3, -0.25) is 0 Å². The number of aromatic nitrogens is 2. The average molecular weight is 285 g/mol. The normalized spacial score (nSPS) is 16.1. The molecule has 2 heterocycles. The van der Waals surface area contributed by atoms with Crippen LogP contribution in [0.1, 0.15) is 19.8 Å². The summed E-state index contributed by atoms with van der Waals surface area (Å²) in [4.78, 5) is 2.20. The van der Waals surface area contributed by atoms with Gasteiger partial charge in [0.2, 0.25) is 5.92 Å². The van der Waals surface area contributed by atoms with Crippen LogP contribution in [-0.4, -0.2) is 48.8 Å². The number of anilines is 2. The number of likely N-dealkylation sites (N-methyl/N-ethyl adjacent to an activating group) is 1. The van der Waals surface area contributed by atoms with E-state index in [1.54, 1.807) is 6.20 Å². The predicted octanol–water partition coefficient (Wildman–Crippen LogP) is 1.73. The lowest BCUT2D eigenvalue weighted by Crippen LogP contribution is -2.57. The fourth-order valence-corrected chi connectivity index (χ4v) is 2.10. The monoisotopic (exact) mass is 285 g/mol. The van der Waals surface area contributed by atoms with E-state index in [1.807, 2.05) is 13.1 Å². The fraction of sp³-hybridized carbons (Fsp3) is 0.692. The quantitative estimate of drug-likeness (QED) is 0.747. The van der Waals surface area contributed by atoms with Gasteiger partial charge in [0.05, 0.1) is 11.9 Å². The van der Waals surface area contributed by atoms with Gasteiger partial charge in [-0.2, -0.15) is 5.10 Å². The predicted molar refractivity (Wildman–Crippen MR) is 75.4 cm³/mol. The number of nitrogens with one attached hydrogen (secondary N) is 2. The number of halogens is 2. The molecule has 1 aromatic heterocycles. The lowest BCUT2D eigenvalue weighted by Gasteiger charge is -2.40. The SMILES string of the molecule is CNC1CN(c2cnnc(NCCCC(C)(F)F)c2)C1. The second-order valence-corrected chi connectivity index (χ2v) is 5.29. The van der Waals surface area contributed by atoms with E-state index in [0.717, 1.165) is 25.7 Å². The topological polar surface area (TPSA) is 53.1 Å². The van der Waals surface area contributed by atoms with Gasteiger partial charge in [-0.15, -0.1) is 5.10 Å². The molecule has 1 aliphatic rings. The zero-order valence-electron chi connectivity index (χ0n) is 11.9. The standard InChI is InChI=1S/C13H21F2N5/c1-13(14,15)4-3-5-17-12-6-11(7-18-19-12)20-8-10(9-20)16-2/h6-7,10,16H,3-5,8-9H2,1-2H3,(H,17,19). The fourth-order valence-electron chi connectivity index (χ4n) is 2.10. The van der Waals surface area contributed by atoms with Crippen LogP contribution in [0.5, 0.6) is 0 Å². The molecule has 0 amide bonds. The first-order valence-corrected chi connectivity index (χ1v) is 6.84. The van der Waals surface area contributed by atoms with Crippen molar-refractivity contribution in [1.29, 1.82) is 0 Å². The molecule has 0 radical (unpaired) electrons. The molecule has 0 bridgehead atoms. The lowest BCUT2D eigenvalue weighted by atomic mass is 10.1. The summed E-state index contributed by atoms with van der Waals surface area (Å²) >= 11 is 0. The van der Waals surface area contributed by atoms with E-state index in [9.17, 15) is 8.78 Å². The molecule has 112 valence electrons. The zero-order valence-corrected chi connectivity index (χ0v) is 11.9. The van der Waals surface area contributed by atoms with Crippen molar-refractivity contribution in [2.75, 3.05) is 36.9 Å². The summed E-state index contributed by atoms with van der Waals surface area (Å²) in [6.45, 7) is 3.31. The van der Waals surface area contributed by atoms with Crippen molar-refractivity contribution in [1.82, 2.24) is 15.5 Å². The van der Waals surface area contributed by atoms with E-state index in [0.29, 0.717) is 24.8 Å². The maximum Gasteiger partial charge on any atom is 0.245 e. The maximum absolute atomic E-state index is 12.7. The molecule has 1 saturated heterocycles. The van der Waals surface area contributed by atoms with Crippen LogP contribution in [0.15, 0.2) is 12.3 Å². The molecule has 0 aromatic carbocycles. The third-order valence-corrected chi connectivity index (χ3v) is 3.39. The molecule has 0 aliphatic carbocycles. The van der Waals surface area contributed by atoms with E-state index < -0.39 is 5.92 Å². The zero-order chi connectivity index (χ0) is 14.6. The van der Waals surface area contributed by atoms with Gasteiger partial charge < -0.3 is 15.5 Å². The lowest BCUT2D eigenvalue weighted by molar-refractivity contribution is 0.0119. The van der Waals surface area contributed by atoms with Crippen LogP contribution in [0.3, 0.4) is 0 Å². The summed E-state index contributed by atoms with van der Waals surface area (Å²) < 4.78 is 25.3. The van der Waals surface area contributed by atoms with Gasteiger partial charge in [0.1, 0.15) is 0 Å². The number of hydrogen-bond acceptors (Lipinski definition) is 5. The van der Waals surface area contributed by atoms with Crippen molar-refractivity contribution < 1.29 is 8.78 Å². The number of nitrogens with zero attached hydrogens (tertiary/aromatic N) is 3. The maximum atomic E-state index is 12.7. The van der Waals surface area contributed by atoms with Crippen LogP contribution < -0.4 is 15.5 Å². The molecule has 1 fully saturated rings. The Balaban J connectivity index is 1.78. The van der Waals surface area contributed by atoms with Crippen LogP contribution >= 0.6 is 0 Å². The second-order valence-electron chi connectivity index (χ2n) is 5.29. The summed E-state index contributed by atoms with van der Waals surface area (Å²) in [6.07, 6.45) is 2.00. The Morgan fingerprint density at radius 1 is 1.45 bits per heavy atom. The van der Waals surface area contributed by atoms with Gasteiger partial charge in [0.15, 0.2) is 5.82 Å². The highest BCUT2D eigenvalue weighted by Crippen LogP contribution is 2.22. The van der Waals surface area contributed by atoms with E-state index in [1.165, 1.54) is 0 Å². The van der Waals surface area contributed by atoms with E-state index in [4.69, 9.17) is 0 Å². The van der Waals surface area contributed by atoms with Gasteiger partial charge in [-0.25, -0.2) is 8.78 Å². The average Bonchev–Trinajstić information content (AvgIpc) is 2.33. The minimum Gasteiger partial charge on any atom is -0.369 e. The summed E-state index contributed by atoms with van der Waals surface area (Å²) in [7, 11) is 1.95. The molecule has 2 rings (SSSR count). The van der Waals surface area contributed by atoms with Crippen LogP contribution in [0.25, 0.3) is 0 Å². The minimum absolute atomic E-state index is 0.122. The van der Waals surface area contributed by atoms with Gasteiger partial charge in [0.25, 0.3) is 0 Å². The van der Waals surface area contributed by atoms with Crippen molar-refractivity contribution in [3.8, 4) is 0 Å². The second kappa shape index (κ2) is 6.30. The number of rotatable bonds is 7. The molecule has 1 aliphatic heterocycles. The third-order valence-electron chi connectivity index (χ3n) is 3.39. The minimum atomic E-state index is -2.60. The van der Waals surface area contributed by atoms with Crippen molar-refractivity contribution in [2.45, 2.75) is 31.7 Å². The molecule has 0 atom stereocenters. The first-order valence-electron chi connectivity index (χ1n) is 6.84. The van der Waals surface area contributed by atoms with Crippen LogP contribution in [0, 0.1) is 0 Å². The summed E-state index contributed by atoms with van der Waals surface area (Å²) in [6, 6.07) is 2.43. The Hall–Kier alpha value is -1.50. The Kier molecular flexibility index (Phi) is 4.69. The van der Waals surface area contributed by atoms with Crippen molar-refractivity contribution in [3.05, 3.63) is 12.3 Å². The number of alkyl halides is 2. The summed E-state index contributed by atoms with van der Waals surface area (Å²) in [5.74, 6) is -1.97. The third kappa shape index (κ3) is 4.26. The van der Waals surface area contributed by atoms with Crippen molar-refractivity contribution in [2.24, 2.45) is 0 Å². The van der Waals surface area contributed by atoms with Crippen LogP contribution in [0.4, 0.5) is 20.3 Å². The van der Waals surface area contributed by atoms with Gasteiger partial charge >= 0.3 is 0 Å². The van der Waals surface area contributed by atoms with Gasteiger partial charge in [0, 0.05) is 38.2 Å². The van der Waals surface area contributed by atoms with Crippen molar-refractivity contribution in [3.63, 3.8) is 0 Å². The largest absolute Gasteiger partial charge is 0.369 e. The number of hydrogen-bond donors (Lipinski definition) is 2. The summed E-state index contributed by atoms with van der Waals surface area (Å²) in [5.41, 5.74) is 1.01. The van der Waals surface area contributed by atoms with Gasteiger partial charge in [-0.05, 0) is 20.4 Å². The Morgan fingerprint density at radius 3 is 2.85 bits per heavy atom. The Morgan fingerprint density at radius 2 is 2.20 bits per heavy atom. The first-order chi connectivity index (χ1) is 9.48. The van der Waals surface area contributed by atoms with Crippen LogP contribution in [0.2, 0.25) is 0 Å². The van der Waals surface area contributed by atoms with E-state index in [-0.39, 0.29) is 6.42 Å². The van der Waals surface area contributed by atoms with Gasteiger partial charge in [-0.1, -0.05) is 0 Å². The van der Waals surface area contributed by atoms with E-state index in [2.05, 4.69) is 25.7 Å². The molecule has 0 spiro atoms. The molecule has 1 aromatic rings.